The van der Waals surface area contributed by atoms with Gasteiger partial charge in [0, 0.05) is 30.0 Å². The average Bonchev–Trinajstić information content (AvgIpc) is 2.95. The van der Waals surface area contributed by atoms with Gasteiger partial charge in [0.1, 0.15) is 0 Å². The zero-order valence-electron chi connectivity index (χ0n) is 13.7. The third kappa shape index (κ3) is 4.32. The number of anilines is 1. The number of hydrogen-bond donors (Lipinski definition) is 2. The minimum Gasteiger partial charge on any atom is -0.329 e. The van der Waals surface area contributed by atoms with E-state index in [1.807, 2.05) is 42.1 Å². The molecule has 1 fully saturated rings. The highest BCUT2D eigenvalue weighted by Gasteiger charge is 2.35. The Labute approximate surface area is 152 Å². The monoisotopic (exact) mass is 366 g/mol. The maximum absolute atomic E-state index is 12.4. The van der Waals surface area contributed by atoms with E-state index >= 15 is 0 Å². The normalized spacial score (nSPS) is 16.2. The molecule has 1 amide bonds. The third-order valence-electron chi connectivity index (χ3n) is 4.30. The standard InChI is InChI=1S/C17H22N4OS.ClH/c1-21-12-11-19-16(21)23-14-7-5-13(6-8-14)20-15(22)17(18)9-3-2-4-10-17;/h5-8,11-12H,2-4,9-10,18H2,1H3,(H,20,22);1H. The molecule has 3 N–H and O–H groups in total. The summed E-state index contributed by atoms with van der Waals surface area (Å²) in [7, 11) is 1.97. The van der Waals surface area contributed by atoms with Gasteiger partial charge in [-0.1, -0.05) is 31.0 Å². The fraction of sp³-hybridized carbons (Fsp3) is 0.412. The van der Waals surface area contributed by atoms with Gasteiger partial charge in [-0.25, -0.2) is 4.98 Å². The quantitative estimate of drug-likeness (QED) is 0.867. The van der Waals surface area contributed by atoms with Gasteiger partial charge in [-0.05, 0) is 37.1 Å². The molecule has 1 aromatic heterocycles. The lowest BCUT2D eigenvalue weighted by Gasteiger charge is -2.31. The Bertz CT molecular complexity index is 680. The van der Waals surface area contributed by atoms with E-state index in [0.29, 0.717) is 0 Å². The minimum absolute atomic E-state index is 0. The molecule has 0 spiro atoms. The second-order valence-corrected chi connectivity index (χ2v) is 7.16. The number of aryl methyl sites for hydroxylation is 1. The molecule has 0 saturated heterocycles. The fourth-order valence-electron chi connectivity index (χ4n) is 2.83. The van der Waals surface area contributed by atoms with Gasteiger partial charge in [-0.3, -0.25) is 4.79 Å². The van der Waals surface area contributed by atoms with Gasteiger partial charge in [0.2, 0.25) is 5.91 Å². The molecule has 0 bridgehead atoms. The zero-order chi connectivity index (χ0) is 16.3. The highest BCUT2D eigenvalue weighted by molar-refractivity contribution is 7.99. The summed E-state index contributed by atoms with van der Waals surface area (Å²) in [6.45, 7) is 0. The van der Waals surface area contributed by atoms with Gasteiger partial charge in [0.25, 0.3) is 0 Å². The number of amides is 1. The molecular weight excluding hydrogens is 344 g/mol. The first-order chi connectivity index (χ1) is 11.1. The first kappa shape index (κ1) is 18.8. The molecule has 1 heterocycles. The number of rotatable bonds is 4. The van der Waals surface area contributed by atoms with E-state index in [9.17, 15) is 4.79 Å². The highest BCUT2D eigenvalue weighted by Crippen LogP contribution is 2.29. The second-order valence-electron chi connectivity index (χ2n) is 6.12. The fourth-order valence-corrected chi connectivity index (χ4v) is 3.63. The van der Waals surface area contributed by atoms with Crippen molar-refractivity contribution in [1.29, 1.82) is 0 Å². The summed E-state index contributed by atoms with van der Waals surface area (Å²) >= 11 is 1.59. The van der Waals surface area contributed by atoms with Crippen molar-refractivity contribution in [3.8, 4) is 0 Å². The van der Waals surface area contributed by atoms with Crippen molar-refractivity contribution < 1.29 is 4.79 Å². The van der Waals surface area contributed by atoms with Crippen LogP contribution in [0.4, 0.5) is 5.69 Å². The largest absolute Gasteiger partial charge is 0.329 e. The molecule has 0 atom stereocenters. The second kappa shape index (κ2) is 8.05. The Hall–Kier alpha value is -1.50. The lowest BCUT2D eigenvalue weighted by Crippen LogP contribution is -2.52. The first-order valence-electron chi connectivity index (χ1n) is 7.92. The zero-order valence-corrected chi connectivity index (χ0v) is 15.3. The van der Waals surface area contributed by atoms with Crippen LogP contribution >= 0.6 is 24.2 Å². The van der Waals surface area contributed by atoms with Crippen molar-refractivity contribution in [3.05, 3.63) is 36.7 Å². The maximum Gasteiger partial charge on any atom is 0.244 e. The average molecular weight is 367 g/mol. The Balaban J connectivity index is 0.00000208. The van der Waals surface area contributed by atoms with E-state index in [1.54, 1.807) is 18.0 Å². The van der Waals surface area contributed by atoms with Crippen LogP contribution in [-0.2, 0) is 11.8 Å². The summed E-state index contributed by atoms with van der Waals surface area (Å²) in [6, 6.07) is 7.79. The van der Waals surface area contributed by atoms with E-state index in [-0.39, 0.29) is 18.3 Å². The number of hydrogen-bond acceptors (Lipinski definition) is 4. The summed E-state index contributed by atoms with van der Waals surface area (Å²) in [6.07, 6.45) is 8.47. The molecule has 7 heteroatoms. The number of aromatic nitrogens is 2. The molecule has 1 aromatic carbocycles. The van der Waals surface area contributed by atoms with E-state index in [0.717, 1.165) is 41.4 Å². The van der Waals surface area contributed by atoms with Crippen molar-refractivity contribution in [2.75, 3.05) is 5.32 Å². The van der Waals surface area contributed by atoms with Gasteiger partial charge in [0.15, 0.2) is 5.16 Å². The van der Waals surface area contributed by atoms with E-state index < -0.39 is 5.54 Å². The highest BCUT2D eigenvalue weighted by atomic mass is 35.5. The molecule has 5 nitrogen and oxygen atoms in total. The maximum atomic E-state index is 12.4. The molecule has 0 aliphatic heterocycles. The van der Waals surface area contributed by atoms with Crippen LogP contribution in [0.15, 0.2) is 46.7 Å². The number of nitrogens with two attached hydrogens (primary N) is 1. The number of benzene rings is 1. The van der Waals surface area contributed by atoms with Crippen LogP contribution in [0.3, 0.4) is 0 Å². The van der Waals surface area contributed by atoms with Crippen molar-refractivity contribution in [1.82, 2.24) is 9.55 Å². The van der Waals surface area contributed by atoms with Crippen LogP contribution in [0.25, 0.3) is 0 Å². The number of halogens is 1. The van der Waals surface area contributed by atoms with Gasteiger partial charge in [-0.15, -0.1) is 12.4 Å². The predicted molar refractivity (Wildman–Crippen MR) is 99.7 cm³/mol. The number of carbonyl (C=O) groups is 1. The van der Waals surface area contributed by atoms with E-state index in [2.05, 4.69) is 10.3 Å². The van der Waals surface area contributed by atoms with Crippen molar-refractivity contribution in [2.45, 2.75) is 47.7 Å². The predicted octanol–water partition coefficient (Wildman–Crippen LogP) is 3.59. The van der Waals surface area contributed by atoms with Gasteiger partial charge >= 0.3 is 0 Å². The van der Waals surface area contributed by atoms with E-state index in [4.69, 9.17) is 5.73 Å². The van der Waals surface area contributed by atoms with Crippen molar-refractivity contribution in [2.24, 2.45) is 12.8 Å². The van der Waals surface area contributed by atoms with Crippen LogP contribution in [0.2, 0.25) is 0 Å². The van der Waals surface area contributed by atoms with Gasteiger partial charge in [-0.2, -0.15) is 0 Å². The number of nitrogens with zero attached hydrogens (tertiary/aromatic N) is 2. The molecule has 0 unspecified atom stereocenters. The Morgan fingerprint density at radius 2 is 1.92 bits per heavy atom. The van der Waals surface area contributed by atoms with Crippen LogP contribution in [0.1, 0.15) is 32.1 Å². The van der Waals surface area contributed by atoms with Crippen LogP contribution in [-0.4, -0.2) is 21.0 Å². The third-order valence-corrected chi connectivity index (χ3v) is 5.38. The molecular formula is C17H23ClN4OS. The molecule has 0 radical (unpaired) electrons. The summed E-state index contributed by atoms with van der Waals surface area (Å²) in [5.41, 5.74) is 6.34. The Morgan fingerprint density at radius 1 is 1.25 bits per heavy atom. The van der Waals surface area contributed by atoms with Gasteiger partial charge in [0.05, 0.1) is 5.54 Å². The smallest absolute Gasteiger partial charge is 0.244 e. The molecule has 1 aliphatic rings. The number of nitrogens with one attached hydrogen (secondary N) is 1. The minimum atomic E-state index is -0.710. The summed E-state index contributed by atoms with van der Waals surface area (Å²) < 4.78 is 1.97. The molecule has 130 valence electrons. The molecule has 1 aliphatic carbocycles. The SMILES string of the molecule is Cl.Cn1ccnc1Sc1ccc(NC(=O)C2(N)CCCCC2)cc1. The lowest BCUT2D eigenvalue weighted by molar-refractivity contribution is -0.122. The summed E-state index contributed by atoms with van der Waals surface area (Å²) in [5, 5.41) is 3.89. The van der Waals surface area contributed by atoms with Crippen LogP contribution in [0, 0.1) is 0 Å². The lowest BCUT2D eigenvalue weighted by atomic mass is 9.82. The van der Waals surface area contributed by atoms with Crippen LogP contribution in [0.5, 0.6) is 0 Å². The summed E-state index contributed by atoms with van der Waals surface area (Å²) in [5.74, 6) is -0.0679. The first-order valence-corrected chi connectivity index (χ1v) is 8.74. The topological polar surface area (TPSA) is 72.9 Å². The van der Waals surface area contributed by atoms with Gasteiger partial charge < -0.3 is 15.6 Å². The van der Waals surface area contributed by atoms with Crippen molar-refractivity contribution >= 4 is 35.8 Å². The number of imidazole rings is 1. The molecule has 1 saturated carbocycles. The summed E-state index contributed by atoms with van der Waals surface area (Å²) in [4.78, 5) is 17.8. The Morgan fingerprint density at radius 3 is 2.50 bits per heavy atom. The number of carbonyl (C=O) groups excluding carboxylic acids is 1. The van der Waals surface area contributed by atoms with E-state index in [1.165, 1.54) is 6.42 Å². The molecule has 24 heavy (non-hydrogen) atoms. The molecule has 2 aromatic rings. The molecule has 3 rings (SSSR count). The van der Waals surface area contributed by atoms with Crippen LogP contribution < -0.4 is 11.1 Å². The Kier molecular flexibility index (Phi) is 6.32. The van der Waals surface area contributed by atoms with Crippen molar-refractivity contribution in [3.63, 3.8) is 0 Å².